The highest BCUT2D eigenvalue weighted by molar-refractivity contribution is 7.91. The second kappa shape index (κ2) is 10.3. The van der Waals surface area contributed by atoms with Crippen LogP contribution in [-0.2, 0) is 19.4 Å². The molecule has 0 saturated carbocycles. The fourth-order valence-electron chi connectivity index (χ4n) is 2.74. The molecule has 1 amide bonds. The predicted molar refractivity (Wildman–Crippen MR) is 103 cm³/mol. The molecule has 1 N–H and O–H groups in total. The Labute approximate surface area is 165 Å². The van der Waals surface area contributed by atoms with Crippen molar-refractivity contribution in [3.8, 4) is 11.5 Å². The van der Waals surface area contributed by atoms with Gasteiger partial charge in [0.25, 0.3) is 5.91 Å². The third-order valence-electron chi connectivity index (χ3n) is 4.17. The molecule has 2 rings (SSSR count). The first kappa shape index (κ1) is 22.0. The number of nitrogens with one attached hydrogen (secondary N) is 1. The van der Waals surface area contributed by atoms with Crippen molar-refractivity contribution in [1.29, 1.82) is 0 Å². The number of carbonyl (C=O) groups excluding carboxylic acids is 2. The Morgan fingerprint density at radius 1 is 1.18 bits per heavy atom. The monoisotopic (exact) mass is 413 g/mol. The van der Waals surface area contributed by atoms with E-state index in [1.165, 1.54) is 6.07 Å². The van der Waals surface area contributed by atoms with Crippen LogP contribution in [0.15, 0.2) is 18.2 Å². The van der Waals surface area contributed by atoms with E-state index < -0.39 is 34.4 Å². The highest BCUT2D eigenvalue weighted by Gasteiger charge is 2.29. The summed E-state index contributed by atoms with van der Waals surface area (Å²) in [6.45, 7) is 4.38. The Kier molecular flexibility index (Phi) is 8.10. The van der Waals surface area contributed by atoms with Crippen molar-refractivity contribution in [3.05, 3.63) is 23.8 Å². The number of hydrogen-bond donors (Lipinski definition) is 1. The average molecular weight is 413 g/mol. The summed E-state index contributed by atoms with van der Waals surface area (Å²) in [4.78, 5) is 24.1. The molecule has 8 nitrogen and oxygen atoms in total. The van der Waals surface area contributed by atoms with Crippen molar-refractivity contribution in [2.24, 2.45) is 0 Å². The highest BCUT2D eigenvalue weighted by atomic mass is 32.2. The SMILES string of the molecule is CCCCOc1ccc(C(=O)OCC(=O)N[C@H]2CCS(=O)(=O)C2)cc1OCC. The van der Waals surface area contributed by atoms with Gasteiger partial charge in [0.05, 0.1) is 30.3 Å². The maximum Gasteiger partial charge on any atom is 0.338 e. The molecular weight excluding hydrogens is 386 g/mol. The van der Waals surface area contributed by atoms with E-state index in [2.05, 4.69) is 12.2 Å². The summed E-state index contributed by atoms with van der Waals surface area (Å²) in [6.07, 6.45) is 2.29. The first-order valence-corrected chi connectivity index (χ1v) is 11.2. The standard InChI is InChI=1S/C19H27NO7S/c1-3-5-9-26-16-7-6-14(11-17(16)25-4-2)19(22)27-12-18(21)20-15-8-10-28(23,24)13-15/h6-7,11,15H,3-5,8-10,12-13H2,1-2H3,(H,20,21)/t15-/m0/s1. The molecule has 0 unspecified atom stereocenters. The number of hydrogen-bond acceptors (Lipinski definition) is 7. The fraction of sp³-hybridized carbons (Fsp3) is 0.579. The molecular formula is C19H27NO7S. The van der Waals surface area contributed by atoms with Gasteiger partial charge in [-0.1, -0.05) is 13.3 Å². The zero-order chi connectivity index (χ0) is 20.6. The molecule has 0 spiro atoms. The van der Waals surface area contributed by atoms with Crippen LogP contribution in [0.2, 0.25) is 0 Å². The molecule has 9 heteroatoms. The summed E-state index contributed by atoms with van der Waals surface area (Å²) >= 11 is 0. The van der Waals surface area contributed by atoms with E-state index >= 15 is 0 Å². The first-order chi connectivity index (χ1) is 13.3. The van der Waals surface area contributed by atoms with E-state index in [0.717, 1.165) is 12.8 Å². The van der Waals surface area contributed by atoms with Gasteiger partial charge in [-0.3, -0.25) is 4.79 Å². The lowest BCUT2D eigenvalue weighted by Gasteiger charge is -2.13. The minimum Gasteiger partial charge on any atom is -0.490 e. The molecule has 0 aromatic heterocycles. The Bertz CT molecular complexity index is 791. The van der Waals surface area contributed by atoms with Crippen molar-refractivity contribution in [2.45, 2.75) is 39.2 Å². The van der Waals surface area contributed by atoms with Crippen molar-refractivity contribution < 1.29 is 32.2 Å². The van der Waals surface area contributed by atoms with Crippen LogP contribution in [0.3, 0.4) is 0 Å². The normalized spacial score (nSPS) is 17.7. The van der Waals surface area contributed by atoms with Crippen molar-refractivity contribution >= 4 is 21.7 Å². The van der Waals surface area contributed by atoms with E-state index in [4.69, 9.17) is 14.2 Å². The molecule has 28 heavy (non-hydrogen) atoms. The van der Waals surface area contributed by atoms with Gasteiger partial charge in [-0.25, -0.2) is 13.2 Å². The predicted octanol–water partition coefficient (Wildman–Crippen LogP) is 1.72. The second-order valence-corrected chi connectivity index (χ2v) is 8.77. The molecule has 156 valence electrons. The lowest BCUT2D eigenvalue weighted by Crippen LogP contribution is -2.38. The van der Waals surface area contributed by atoms with Gasteiger partial charge in [0.2, 0.25) is 0 Å². The van der Waals surface area contributed by atoms with Crippen molar-refractivity contribution in [1.82, 2.24) is 5.32 Å². The largest absolute Gasteiger partial charge is 0.490 e. The minimum atomic E-state index is -3.09. The van der Waals surface area contributed by atoms with Crippen molar-refractivity contribution in [3.63, 3.8) is 0 Å². The Hall–Kier alpha value is -2.29. The lowest BCUT2D eigenvalue weighted by molar-refractivity contribution is -0.124. The summed E-state index contributed by atoms with van der Waals surface area (Å²) in [5, 5.41) is 2.57. The molecule has 1 saturated heterocycles. The van der Waals surface area contributed by atoms with Crippen LogP contribution in [0.4, 0.5) is 0 Å². The number of carbonyl (C=O) groups is 2. The van der Waals surface area contributed by atoms with Gasteiger partial charge in [-0.05, 0) is 38.0 Å². The fourth-order valence-corrected chi connectivity index (χ4v) is 4.42. The van der Waals surface area contributed by atoms with Crippen LogP contribution in [-0.4, -0.2) is 57.7 Å². The number of sulfone groups is 1. The van der Waals surface area contributed by atoms with Crippen LogP contribution in [0, 0.1) is 0 Å². The van der Waals surface area contributed by atoms with Crippen LogP contribution < -0.4 is 14.8 Å². The maximum absolute atomic E-state index is 12.2. The molecule has 1 aromatic rings. The van der Waals surface area contributed by atoms with Gasteiger partial charge in [0.15, 0.2) is 27.9 Å². The van der Waals surface area contributed by atoms with Gasteiger partial charge in [0.1, 0.15) is 0 Å². The molecule has 1 heterocycles. The van der Waals surface area contributed by atoms with Gasteiger partial charge < -0.3 is 19.5 Å². The first-order valence-electron chi connectivity index (χ1n) is 9.41. The van der Waals surface area contributed by atoms with Gasteiger partial charge in [-0.2, -0.15) is 0 Å². The Morgan fingerprint density at radius 2 is 1.96 bits per heavy atom. The van der Waals surface area contributed by atoms with Crippen LogP contribution in [0.1, 0.15) is 43.5 Å². The van der Waals surface area contributed by atoms with Crippen molar-refractivity contribution in [2.75, 3.05) is 31.3 Å². The molecule has 1 fully saturated rings. The number of rotatable bonds is 10. The molecule has 0 radical (unpaired) electrons. The zero-order valence-corrected chi connectivity index (χ0v) is 17.0. The summed E-state index contributed by atoms with van der Waals surface area (Å²) in [7, 11) is -3.09. The number of esters is 1. The number of amides is 1. The number of unbranched alkanes of at least 4 members (excludes halogenated alkanes) is 1. The quantitative estimate of drug-likeness (QED) is 0.460. The summed E-state index contributed by atoms with van der Waals surface area (Å²) < 4.78 is 39.0. The minimum absolute atomic E-state index is 0.0601. The van der Waals surface area contributed by atoms with Crippen LogP contribution in [0.5, 0.6) is 11.5 Å². The topological polar surface area (TPSA) is 108 Å². The maximum atomic E-state index is 12.2. The highest BCUT2D eigenvalue weighted by Crippen LogP contribution is 2.29. The zero-order valence-electron chi connectivity index (χ0n) is 16.2. The molecule has 1 aromatic carbocycles. The molecule has 1 aliphatic rings. The molecule has 0 aliphatic carbocycles. The van der Waals surface area contributed by atoms with E-state index in [9.17, 15) is 18.0 Å². The number of ether oxygens (including phenoxy) is 3. The van der Waals surface area contributed by atoms with Crippen LogP contribution >= 0.6 is 0 Å². The summed E-state index contributed by atoms with van der Waals surface area (Å²) in [5.41, 5.74) is 0.238. The average Bonchev–Trinajstić information content (AvgIpc) is 2.99. The lowest BCUT2D eigenvalue weighted by atomic mass is 10.2. The van der Waals surface area contributed by atoms with E-state index in [-0.39, 0.29) is 17.1 Å². The van der Waals surface area contributed by atoms with E-state index in [1.807, 2.05) is 6.92 Å². The van der Waals surface area contributed by atoms with E-state index in [1.54, 1.807) is 12.1 Å². The smallest absolute Gasteiger partial charge is 0.338 e. The van der Waals surface area contributed by atoms with Gasteiger partial charge in [0, 0.05) is 6.04 Å². The Balaban J connectivity index is 1.90. The van der Waals surface area contributed by atoms with E-state index in [0.29, 0.717) is 31.1 Å². The third kappa shape index (κ3) is 6.70. The third-order valence-corrected chi connectivity index (χ3v) is 5.93. The molecule has 0 bridgehead atoms. The Morgan fingerprint density at radius 3 is 2.61 bits per heavy atom. The summed E-state index contributed by atoms with van der Waals surface area (Å²) in [6, 6.07) is 4.28. The van der Waals surface area contributed by atoms with Crippen LogP contribution in [0.25, 0.3) is 0 Å². The van der Waals surface area contributed by atoms with Gasteiger partial charge in [-0.15, -0.1) is 0 Å². The summed E-state index contributed by atoms with van der Waals surface area (Å²) in [5.74, 6) is -0.231. The number of benzene rings is 1. The molecule has 1 aliphatic heterocycles. The van der Waals surface area contributed by atoms with Gasteiger partial charge >= 0.3 is 5.97 Å². The second-order valence-electron chi connectivity index (χ2n) is 6.54. The molecule has 1 atom stereocenters.